The number of rotatable bonds is 3. The van der Waals surface area contributed by atoms with Crippen molar-refractivity contribution in [3.05, 3.63) is 113 Å². The lowest BCUT2D eigenvalue weighted by atomic mass is 9.59. The third-order valence-corrected chi connectivity index (χ3v) is 7.13. The Morgan fingerprint density at radius 3 is 2.24 bits per heavy atom. The minimum Gasteiger partial charge on any atom is -0.336 e. The largest absolute Gasteiger partial charge is 0.336 e. The monoisotopic (exact) mass is 448 g/mol. The molecular weight excluding hydrogens is 424 g/mol. The first-order chi connectivity index (χ1) is 16.7. The van der Waals surface area contributed by atoms with Crippen LogP contribution in [0, 0.1) is 5.92 Å². The quantitative estimate of drug-likeness (QED) is 0.404. The van der Waals surface area contributed by atoms with Crippen molar-refractivity contribution in [1.29, 1.82) is 0 Å². The van der Waals surface area contributed by atoms with E-state index < -0.39 is 6.03 Å². The molecule has 1 unspecified atom stereocenters. The number of hydrogen-bond acceptors (Lipinski definition) is 3. The summed E-state index contributed by atoms with van der Waals surface area (Å²) in [6.45, 7) is 0.531. The average Bonchev–Trinajstić information content (AvgIpc) is 2.90. The van der Waals surface area contributed by atoms with Crippen LogP contribution < -0.4 is 16.2 Å². The van der Waals surface area contributed by atoms with Gasteiger partial charge in [-0.05, 0) is 52.8 Å². The Morgan fingerprint density at radius 1 is 0.794 bits per heavy atom. The Kier molecular flexibility index (Phi) is 4.99. The summed E-state index contributed by atoms with van der Waals surface area (Å²) in [4.78, 5) is 29.5. The number of amides is 3. The van der Waals surface area contributed by atoms with Gasteiger partial charge in [-0.2, -0.15) is 0 Å². The van der Waals surface area contributed by atoms with E-state index in [2.05, 4.69) is 69.7 Å². The number of hydrazine groups is 1. The molecule has 3 N–H and O–H groups in total. The van der Waals surface area contributed by atoms with Gasteiger partial charge in [0.1, 0.15) is 0 Å². The van der Waals surface area contributed by atoms with Crippen LogP contribution in [-0.2, 0) is 0 Å². The molecule has 0 fully saturated rings. The first-order valence-electron chi connectivity index (χ1n) is 11.6. The first-order valence-corrected chi connectivity index (χ1v) is 11.6. The second kappa shape index (κ2) is 8.30. The van der Waals surface area contributed by atoms with Crippen molar-refractivity contribution in [1.82, 2.24) is 21.2 Å². The van der Waals surface area contributed by atoms with Gasteiger partial charge in [0.25, 0.3) is 5.91 Å². The first kappa shape index (κ1) is 20.4. The van der Waals surface area contributed by atoms with Gasteiger partial charge in [0.15, 0.2) is 0 Å². The van der Waals surface area contributed by atoms with Crippen LogP contribution >= 0.6 is 0 Å². The van der Waals surface area contributed by atoms with Gasteiger partial charge in [-0.25, -0.2) is 10.2 Å². The highest BCUT2D eigenvalue weighted by molar-refractivity contribution is 6.06. The molecule has 1 atom stereocenters. The van der Waals surface area contributed by atoms with Crippen LogP contribution in [0.25, 0.3) is 10.9 Å². The SMILES string of the molecule is O=C(NCC1CC2c3ccccc3C1c1ccccc12)NNC(=O)c1cccc2ncccc12. The zero-order chi connectivity index (χ0) is 23.1. The summed E-state index contributed by atoms with van der Waals surface area (Å²) >= 11 is 0. The molecule has 3 aliphatic carbocycles. The Morgan fingerprint density at radius 2 is 1.50 bits per heavy atom. The highest BCUT2D eigenvalue weighted by atomic mass is 16.2. The van der Waals surface area contributed by atoms with E-state index in [9.17, 15) is 9.59 Å². The zero-order valence-corrected chi connectivity index (χ0v) is 18.5. The fraction of sp³-hybridized carbons (Fsp3) is 0.179. The summed E-state index contributed by atoms with van der Waals surface area (Å²) in [6, 6.07) is 25.8. The highest BCUT2D eigenvalue weighted by Gasteiger charge is 2.42. The topological polar surface area (TPSA) is 83.1 Å². The average molecular weight is 449 g/mol. The number of urea groups is 1. The fourth-order valence-corrected chi connectivity index (χ4v) is 5.71. The van der Waals surface area contributed by atoms with Crippen molar-refractivity contribution in [2.24, 2.45) is 5.92 Å². The van der Waals surface area contributed by atoms with Crippen LogP contribution in [0.4, 0.5) is 4.79 Å². The maximum Gasteiger partial charge on any atom is 0.333 e. The number of carbonyl (C=O) groups excluding carboxylic acids is 2. The molecule has 3 aromatic carbocycles. The smallest absolute Gasteiger partial charge is 0.333 e. The lowest BCUT2D eigenvalue weighted by Crippen LogP contribution is -2.49. The minimum atomic E-state index is -0.422. The van der Waals surface area contributed by atoms with Crippen LogP contribution in [0.15, 0.2) is 85.1 Å². The molecule has 0 spiro atoms. The lowest BCUT2D eigenvalue weighted by Gasteiger charge is -2.45. The van der Waals surface area contributed by atoms with Crippen LogP contribution in [0.3, 0.4) is 0 Å². The predicted octanol–water partition coefficient (Wildman–Crippen LogP) is 4.48. The van der Waals surface area contributed by atoms with E-state index in [1.807, 2.05) is 12.1 Å². The van der Waals surface area contributed by atoms with Crippen LogP contribution in [0.1, 0.15) is 50.9 Å². The van der Waals surface area contributed by atoms with Crippen molar-refractivity contribution in [3.8, 4) is 0 Å². The molecule has 3 amide bonds. The van der Waals surface area contributed by atoms with Crippen molar-refractivity contribution in [3.63, 3.8) is 0 Å². The molecule has 6 nitrogen and oxygen atoms in total. The van der Waals surface area contributed by atoms with E-state index in [1.54, 1.807) is 24.4 Å². The Balaban J connectivity index is 1.13. The van der Waals surface area contributed by atoms with Crippen LogP contribution in [0.5, 0.6) is 0 Å². The molecule has 0 aliphatic heterocycles. The molecule has 0 saturated carbocycles. The third kappa shape index (κ3) is 3.39. The summed E-state index contributed by atoms with van der Waals surface area (Å²) < 4.78 is 0. The van der Waals surface area contributed by atoms with Crippen molar-refractivity contribution < 1.29 is 9.59 Å². The predicted molar refractivity (Wildman–Crippen MR) is 130 cm³/mol. The second-order valence-electron chi connectivity index (χ2n) is 8.95. The van der Waals surface area contributed by atoms with E-state index in [4.69, 9.17) is 0 Å². The number of pyridine rings is 1. The third-order valence-electron chi connectivity index (χ3n) is 7.13. The van der Waals surface area contributed by atoms with E-state index >= 15 is 0 Å². The molecule has 6 heteroatoms. The van der Waals surface area contributed by atoms with Gasteiger partial charge in [-0.15, -0.1) is 0 Å². The van der Waals surface area contributed by atoms with Gasteiger partial charge in [0.05, 0.1) is 11.1 Å². The molecule has 2 bridgehead atoms. The summed E-state index contributed by atoms with van der Waals surface area (Å²) in [5.74, 6) is 0.524. The Labute approximate surface area is 197 Å². The van der Waals surface area contributed by atoms with Gasteiger partial charge < -0.3 is 5.32 Å². The van der Waals surface area contributed by atoms with E-state index in [0.29, 0.717) is 23.9 Å². The molecule has 0 saturated heterocycles. The number of carbonyl (C=O) groups is 2. The van der Waals surface area contributed by atoms with Gasteiger partial charge in [-0.3, -0.25) is 15.2 Å². The fourth-order valence-electron chi connectivity index (χ4n) is 5.71. The number of benzene rings is 3. The van der Waals surface area contributed by atoms with Crippen molar-refractivity contribution >= 4 is 22.8 Å². The molecule has 7 rings (SSSR count). The maximum atomic E-state index is 12.7. The number of nitrogens with zero attached hydrogens (tertiary/aromatic N) is 1. The van der Waals surface area contributed by atoms with Gasteiger partial charge >= 0.3 is 6.03 Å². The van der Waals surface area contributed by atoms with Crippen LogP contribution in [-0.4, -0.2) is 23.5 Å². The Hall–Kier alpha value is -4.19. The van der Waals surface area contributed by atoms with Crippen molar-refractivity contribution in [2.75, 3.05) is 6.54 Å². The molecule has 4 aromatic rings. The number of hydrogen-bond donors (Lipinski definition) is 3. The molecule has 1 aromatic heterocycles. The normalized spacial score (nSPS) is 19.7. The summed E-state index contributed by atoms with van der Waals surface area (Å²) in [6.07, 6.45) is 2.68. The molecule has 168 valence electrons. The molecule has 1 heterocycles. The Bertz CT molecular complexity index is 1360. The maximum absolute atomic E-state index is 12.7. The standard InChI is InChI=1S/C28H24N4O2/c33-27(23-11-5-13-25-20(23)12-6-14-29-25)31-32-28(34)30-16-17-15-24-18-7-1-3-9-21(18)26(17)22-10-4-2-8-19(22)24/h1-14,17,24,26H,15-16H2,(H,31,33)(H2,30,32,34). The molecule has 0 radical (unpaired) electrons. The molecule has 3 aliphatic rings. The van der Waals surface area contributed by atoms with E-state index in [1.165, 1.54) is 22.3 Å². The second-order valence-corrected chi connectivity index (χ2v) is 8.95. The molecular formula is C28H24N4O2. The highest BCUT2D eigenvalue weighted by Crippen LogP contribution is 2.55. The van der Waals surface area contributed by atoms with Crippen molar-refractivity contribution in [2.45, 2.75) is 18.3 Å². The van der Waals surface area contributed by atoms with E-state index in [0.717, 1.165) is 17.3 Å². The van der Waals surface area contributed by atoms with Crippen LogP contribution in [0.2, 0.25) is 0 Å². The number of nitrogens with one attached hydrogen (secondary N) is 3. The van der Waals surface area contributed by atoms with E-state index in [-0.39, 0.29) is 11.8 Å². The minimum absolute atomic E-state index is 0.260. The number of fused-ring (bicyclic) bond motifs is 2. The lowest BCUT2D eigenvalue weighted by molar-refractivity contribution is 0.0937. The van der Waals surface area contributed by atoms with Gasteiger partial charge in [0, 0.05) is 30.0 Å². The van der Waals surface area contributed by atoms with Gasteiger partial charge in [0.2, 0.25) is 0 Å². The van der Waals surface area contributed by atoms with Gasteiger partial charge in [-0.1, -0.05) is 60.7 Å². The summed E-state index contributed by atoms with van der Waals surface area (Å²) in [5.41, 5.74) is 11.7. The summed E-state index contributed by atoms with van der Waals surface area (Å²) in [7, 11) is 0. The molecule has 34 heavy (non-hydrogen) atoms. The zero-order valence-electron chi connectivity index (χ0n) is 18.5. The number of aromatic nitrogens is 1. The summed E-state index contributed by atoms with van der Waals surface area (Å²) in [5, 5.41) is 3.70.